The average Bonchev–Trinajstić information content (AvgIpc) is 2.64. The van der Waals surface area contributed by atoms with Gasteiger partial charge in [0.15, 0.2) is 0 Å². The van der Waals surface area contributed by atoms with E-state index in [-0.39, 0.29) is 61.8 Å². The molecule has 0 atom stereocenters. The van der Waals surface area contributed by atoms with Crippen LogP contribution in [-0.2, 0) is 0 Å². The molecule has 0 N–H and O–H groups in total. The summed E-state index contributed by atoms with van der Waals surface area (Å²) < 4.78 is 115. The first-order chi connectivity index (χ1) is 38.2. The number of benzene rings is 11. The van der Waals surface area contributed by atoms with Crippen LogP contribution >= 0.6 is 11.3 Å². The molecule has 0 fully saturated rings. The number of nitrogens with zero attached hydrogens (tertiary/aromatic N) is 4. The van der Waals surface area contributed by atoms with E-state index in [9.17, 15) is 21.4 Å². The first-order valence-electron chi connectivity index (χ1n) is 27.5. The highest BCUT2D eigenvalue weighted by molar-refractivity contribution is 7.26. The molecule has 5 heteroatoms. The van der Waals surface area contributed by atoms with Gasteiger partial charge in [-0.25, -0.2) is 4.85 Å². The zero-order valence-corrected chi connectivity index (χ0v) is 35.7. The molecule has 4 nitrogen and oxygen atoms in total. The molecule has 0 radical (unpaired) electrons. The first kappa shape index (κ1) is 27.4. The molecule has 3 heterocycles. The van der Waals surface area contributed by atoms with Crippen LogP contribution in [0.15, 0.2) is 206 Å². The van der Waals surface area contributed by atoms with E-state index in [1.165, 1.54) is 11.3 Å². The third-order valence-corrected chi connectivity index (χ3v) is 14.3. The lowest BCUT2D eigenvalue weighted by atomic mass is 9.88. The van der Waals surface area contributed by atoms with Gasteiger partial charge in [0, 0.05) is 48.1 Å². The predicted molar refractivity (Wildman–Crippen MR) is 281 cm³/mol. The summed E-state index contributed by atoms with van der Waals surface area (Å²) in [5, 5.41) is 16.5. The maximum atomic E-state index is 12.1. The molecule has 0 bridgehead atoms. The SMILES string of the molecule is [2H]c1c([2H])c([2H])c(-c2cccc3c2c2ccc4c5ccccc5sc4c2n3-c2c(C#N)c(-c3ccccc3)c([N+]#[C-])c(-n3c4cccc5c6c([2H])c([2H])c([2H])c([2H])c6c6c([2H])c([2H])c([2H])c3c6c54)c2-c2ccccc2)c([2H])c1[2H]. The van der Waals surface area contributed by atoms with Gasteiger partial charge in [0.25, 0.3) is 0 Å². The van der Waals surface area contributed by atoms with Crippen LogP contribution < -0.4 is 0 Å². The summed E-state index contributed by atoms with van der Waals surface area (Å²) >= 11 is 1.54. The van der Waals surface area contributed by atoms with Crippen molar-refractivity contribution in [1.82, 2.24) is 9.13 Å². The van der Waals surface area contributed by atoms with E-state index in [4.69, 9.17) is 6.85 Å². The molecule has 0 aliphatic heterocycles. The fourth-order valence-electron chi connectivity index (χ4n) is 10.5. The minimum atomic E-state index is -0.536. The van der Waals surface area contributed by atoms with Crippen molar-refractivity contribution in [2.24, 2.45) is 0 Å². The third-order valence-electron chi connectivity index (χ3n) is 13.1. The number of fused-ring (bicyclic) bond motifs is 10. The van der Waals surface area contributed by atoms with Crippen molar-refractivity contribution in [2.75, 3.05) is 0 Å². The second kappa shape index (κ2) is 14.2. The van der Waals surface area contributed by atoms with Gasteiger partial charge in [0.2, 0.25) is 5.69 Å². The number of hydrogen-bond acceptors (Lipinski definition) is 2. The molecule has 0 aliphatic rings. The van der Waals surface area contributed by atoms with E-state index in [0.29, 0.717) is 71.4 Å². The van der Waals surface area contributed by atoms with E-state index < -0.39 is 60.4 Å². The molecule has 0 amide bonds. The quantitative estimate of drug-likeness (QED) is 0.125. The standard InChI is InChI=1S/C62H34N4S/c1-64-58-53(38-20-7-3-8-21-38)48(36-63)59(66-49-30-15-27-40(37-18-5-2-6-19-37)55(49)47-35-34-46-43-26-13-14-33-52(43)67-62(46)60(47)66)54(39-22-9-4-10-23-39)61(58)65-50-31-16-28-44-41-24-11-12-25-42(41)45-29-17-32-51(65)57(45)56(44)50/h2-35H/i2D,5D,6D,11D,12D,16D,18D,19D,24D,25D,28D,31D. The predicted octanol–water partition coefficient (Wildman–Crippen LogP) is 17.4. The lowest BCUT2D eigenvalue weighted by molar-refractivity contribution is 1.14. The van der Waals surface area contributed by atoms with Gasteiger partial charge < -0.3 is 9.13 Å². The molecule has 14 aromatic rings. The Labute approximate surface area is 405 Å². The summed E-state index contributed by atoms with van der Waals surface area (Å²) in [6.07, 6.45) is 0. The molecule has 11 aromatic carbocycles. The summed E-state index contributed by atoms with van der Waals surface area (Å²) in [6, 6.07) is 38.2. The van der Waals surface area contributed by atoms with E-state index in [0.717, 1.165) is 20.2 Å². The van der Waals surface area contributed by atoms with Crippen LogP contribution in [0.1, 0.15) is 22.0 Å². The maximum absolute atomic E-state index is 12.1. The van der Waals surface area contributed by atoms with Crippen LogP contribution in [0, 0.1) is 17.9 Å². The molecule has 67 heavy (non-hydrogen) atoms. The molecular formula is C62H34N4S. The van der Waals surface area contributed by atoms with Crippen LogP contribution in [0.3, 0.4) is 0 Å². The number of rotatable bonds is 5. The first-order valence-corrected chi connectivity index (χ1v) is 22.3. The topological polar surface area (TPSA) is 38.0 Å². The summed E-state index contributed by atoms with van der Waals surface area (Å²) in [7, 11) is 0. The van der Waals surface area contributed by atoms with Crippen LogP contribution in [0.4, 0.5) is 5.69 Å². The van der Waals surface area contributed by atoms with Crippen LogP contribution in [-0.4, -0.2) is 9.13 Å². The van der Waals surface area contributed by atoms with Gasteiger partial charge in [-0.2, -0.15) is 5.26 Å². The Morgan fingerprint density at radius 2 is 1.10 bits per heavy atom. The molecule has 14 rings (SSSR count). The lowest BCUT2D eigenvalue weighted by Crippen LogP contribution is -2.08. The number of thiophene rings is 1. The molecule has 0 spiro atoms. The van der Waals surface area contributed by atoms with Gasteiger partial charge in [-0.05, 0) is 68.0 Å². The van der Waals surface area contributed by atoms with E-state index >= 15 is 0 Å². The molecule has 0 saturated carbocycles. The Hall–Kier alpha value is -9.00. The molecule has 0 aliphatic carbocycles. The zero-order chi connectivity index (χ0) is 54.8. The van der Waals surface area contributed by atoms with Gasteiger partial charge in [0.1, 0.15) is 6.07 Å². The fourth-order valence-corrected chi connectivity index (χ4v) is 11.8. The summed E-state index contributed by atoms with van der Waals surface area (Å²) in [5.41, 5.74) is 4.18. The molecule has 308 valence electrons. The highest BCUT2D eigenvalue weighted by Gasteiger charge is 2.33. The minimum Gasteiger partial charge on any atom is -0.318 e. The normalized spacial score (nSPS) is 14.4. The van der Waals surface area contributed by atoms with Crippen LogP contribution in [0.25, 0.3) is 135 Å². The van der Waals surface area contributed by atoms with Crippen LogP contribution in [0.2, 0.25) is 0 Å². The van der Waals surface area contributed by atoms with Crippen molar-refractivity contribution in [3.8, 4) is 50.8 Å². The Bertz CT molecular complexity index is 5160. The summed E-state index contributed by atoms with van der Waals surface area (Å²) in [6.45, 7) is 9.36. The van der Waals surface area contributed by atoms with Crippen molar-refractivity contribution < 1.29 is 16.4 Å². The third kappa shape index (κ3) is 5.09. The second-order valence-corrected chi connectivity index (χ2v) is 17.4. The Balaban J connectivity index is 1.30. The highest BCUT2D eigenvalue weighted by atomic mass is 32.1. The van der Waals surface area contributed by atoms with E-state index in [1.54, 1.807) is 34.9 Å². The van der Waals surface area contributed by atoms with E-state index in [1.807, 2.05) is 108 Å². The van der Waals surface area contributed by atoms with Gasteiger partial charge >= 0.3 is 0 Å². The summed E-state index contributed by atoms with van der Waals surface area (Å²) in [4.78, 5) is 4.38. The fraction of sp³-hybridized carbons (Fsp3) is 0. The van der Waals surface area contributed by atoms with Crippen molar-refractivity contribution in [2.45, 2.75) is 0 Å². The Morgan fingerprint density at radius 3 is 1.87 bits per heavy atom. The van der Waals surface area contributed by atoms with Gasteiger partial charge in [-0.1, -0.05) is 182 Å². The van der Waals surface area contributed by atoms with Gasteiger partial charge in [-0.15, -0.1) is 11.3 Å². The van der Waals surface area contributed by atoms with Crippen molar-refractivity contribution in [3.63, 3.8) is 0 Å². The van der Waals surface area contributed by atoms with Gasteiger partial charge in [-0.3, -0.25) is 0 Å². The number of hydrogen-bond donors (Lipinski definition) is 0. The monoisotopic (exact) mass is 878 g/mol. The minimum absolute atomic E-state index is 0.00518. The highest BCUT2D eigenvalue weighted by Crippen LogP contribution is 2.55. The van der Waals surface area contributed by atoms with Crippen molar-refractivity contribution in [1.29, 1.82) is 5.26 Å². The average molecular weight is 879 g/mol. The molecule has 0 saturated heterocycles. The smallest absolute Gasteiger partial charge is 0.220 e. The van der Waals surface area contributed by atoms with E-state index in [2.05, 4.69) is 10.9 Å². The zero-order valence-electron chi connectivity index (χ0n) is 46.9. The maximum Gasteiger partial charge on any atom is 0.220 e. The number of nitriles is 1. The summed E-state index contributed by atoms with van der Waals surface area (Å²) in [5.74, 6) is 0. The Kier molecular flexibility index (Phi) is 5.82. The second-order valence-electron chi connectivity index (χ2n) is 16.4. The largest absolute Gasteiger partial charge is 0.318 e. The molecule has 0 unspecified atom stereocenters. The lowest BCUT2D eigenvalue weighted by Gasteiger charge is -2.26. The van der Waals surface area contributed by atoms with Crippen LogP contribution in [0.5, 0.6) is 0 Å². The molecular weight excluding hydrogens is 833 g/mol. The van der Waals surface area contributed by atoms with Gasteiger partial charge in [0.05, 0.1) is 66.7 Å². The molecule has 3 aromatic heterocycles. The Morgan fingerprint density at radius 1 is 0.478 bits per heavy atom. The van der Waals surface area contributed by atoms with Crippen molar-refractivity contribution >= 4 is 102 Å². The van der Waals surface area contributed by atoms with Crippen molar-refractivity contribution in [3.05, 3.63) is 223 Å². The number of aromatic nitrogens is 2.